The van der Waals surface area contributed by atoms with Crippen molar-refractivity contribution in [3.8, 4) is 0 Å². The lowest BCUT2D eigenvalue weighted by Crippen LogP contribution is -2.54. The number of aromatic nitrogens is 2. The molecule has 160 valence electrons. The molecule has 0 saturated carbocycles. The van der Waals surface area contributed by atoms with Gasteiger partial charge in [0.05, 0.1) is 6.61 Å². The van der Waals surface area contributed by atoms with Crippen molar-refractivity contribution in [3.05, 3.63) is 5.82 Å². The van der Waals surface area contributed by atoms with E-state index in [-0.39, 0.29) is 24.0 Å². The highest BCUT2D eigenvalue weighted by atomic mass is 127. The number of likely N-dealkylation sites (tertiary alicyclic amines) is 1. The topological polar surface area (TPSA) is 69.1 Å². The molecule has 2 aliphatic heterocycles. The standard InChI is InChI=1S/C18H33N7OS.HI/c1-4-16-21-18(27-22-16)25-10-8-24(9-11-25)17(19-2)20-14-15-6-5-7-23(15)12-13-26-3;/h15H,4-14H2,1-3H3,(H,19,20);1H. The first-order valence-electron chi connectivity index (χ1n) is 10.0. The van der Waals surface area contributed by atoms with Gasteiger partial charge in [0.25, 0.3) is 0 Å². The van der Waals surface area contributed by atoms with Gasteiger partial charge < -0.3 is 19.9 Å². The van der Waals surface area contributed by atoms with Crippen LogP contribution in [0.1, 0.15) is 25.6 Å². The Kier molecular flexibility index (Phi) is 10.2. The molecule has 2 aliphatic rings. The molecular formula is C18H34IN7OS. The fraction of sp³-hybridized carbons (Fsp3) is 0.833. The number of nitrogens with zero attached hydrogens (tertiary/aromatic N) is 6. The van der Waals surface area contributed by atoms with Crippen LogP contribution < -0.4 is 10.2 Å². The number of ether oxygens (including phenoxy) is 1. The molecule has 10 heteroatoms. The Labute approximate surface area is 189 Å². The Morgan fingerprint density at radius 1 is 1.29 bits per heavy atom. The highest BCUT2D eigenvalue weighted by Gasteiger charge is 2.26. The van der Waals surface area contributed by atoms with Gasteiger partial charge in [0.1, 0.15) is 5.82 Å². The second-order valence-corrected chi connectivity index (χ2v) is 7.80. The van der Waals surface area contributed by atoms with E-state index in [1.807, 2.05) is 7.05 Å². The van der Waals surface area contributed by atoms with Crippen molar-refractivity contribution >= 4 is 46.6 Å². The maximum atomic E-state index is 5.24. The highest BCUT2D eigenvalue weighted by Crippen LogP contribution is 2.19. The van der Waals surface area contributed by atoms with Gasteiger partial charge in [-0.15, -0.1) is 24.0 Å². The minimum atomic E-state index is 0. The molecule has 3 heterocycles. The van der Waals surface area contributed by atoms with Crippen molar-refractivity contribution in [1.29, 1.82) is 0 Å². The van der Waals surface area contributed by atoms with E-state index < -0.39 is 0 Å². The number of piperazine rings is 1. The molecule has 1 aromatic heterocycles. The minimum absolute atomic E-state index is 0. The van der Waals surface area contributed by atoms with Crippen LogP contribution in [-0.4, -0.2) is 97.7 Å². The molecule has 28 heavy (non-hydrogen) atoms. The van der Waals surface area contributed by atoms with E-state index in [0.717, 1.165) is 69.2 Å². The van der Waals surface area contributed by atoms with Crippen LogP contribution in [0.4, 0.5) is 5.13 Å². The van der Waals surface area contributed by atoms with Crippen molar-refractivity contribution in [1.82, 2.24) is 24.5 Å². The van der Waals surface area contributed by atoms with Crippen LogP contribution in [0, 0.1) is 0 Å². The normalized spacial score (nSPS) is 21.1. The van der Waals surface area contributed by atoms with Gasteiger partial charge in [-0.2, -0.15) is 4.37 Å². The van der Waals surface area contributed by atoms with Gasteiger partial charge in [-0.3, -0.25) is 9.89 Å². The van der Waals surface area contributed by atoms with Crippen LogP contribution in [-0.2, 0) is 11.2 Å². The summed E-state index contributed by atoms with van der Waals surface area (Å²) in [7, 11) is 3.65. The number of rotatable bonds is 7. The Morgan fingerprint density at radius 2 is 2.07 bits per heavy atom. The molecule has 1 unspecified atom stereocenters. The molecule has 0 amide bonds. The number of methoxy groups -OCH3 is 1. The number of hydrogen-bond donors (Lipinski definition) is 1. The van der Waals surface area contributed by atoms with Crippen molar-refractivity contribution in [2.45, 2.75) is 32.2 Å². The predicted molar refractivity (Wildman–Crippen MR) is 126 cm³/mol. The predicted octanol–water partition coefficient (Wildman–Crippen LogP) is 1.53. The summed E-state index contributed by atoms with van der Waals surface area (Å²) in [5.74, 6) is 1.96. The lowest BCUT2D eigenvalue weighted by molar-refractivity contribution is 0.141. The van der Waals surface area contributed by atoms with Crippen molar-refractivity contribution < 1.29 is 4.74 Å². The molecule has 1 N–H and O–H groups in total. The summed E-state index contributed by atoms with van der Waals surface area (Å²) in [6.45, 7) is 9.88. The SMILES string of the molecule is CCc1nsc(N2CCN(C(=NC)NCC3CCCN3CCOC)CC2)n1.I. The molecule has 0 spiro atoms. The van der Waals surface area contributed by atoms with Gasteiger partial charge in [-0.25, -0.2) is 4.98 Å². The summed E-state index contributed by atoms with van der Waals surface area (Å²) in [5, 5.41) is 4.66. The number of aryl methyl sites for hydroxylation is 1. The molecule has 2 saturated heterocycles. The zero-order chi connectivity index (χ0) is 19.1. The van der Waals surface area contributed by atoms with Gasteiger partial charge in [-0.1, -0.05) is 6.92 Å². The number of anilines is 1. The maximum Gasteiger partial charge on any atom is 0.205 e. The van der Waals surface area contributed by atoms with E-state index >= 15 is 0 Å². The van der Waals surface area contributed by atoms with Crippen molar-refractivity contribution in [2.75, 3.05) is 71.5 Å². The molecule has 0 radical (unpaired) electrons. The lowest BCUT2D eigenvalue weighted by atomic mass is 10.2. The van der Waals surface area contributed by atoms with Gasteiger partial charge in [0.2, 0.25) is 5.13 Å². The molecular weight excluding hydrogens is 489 g/mol. The lowest BCUT2D eigenvalue weighted by Gasteiger charge is -2.36. The van der Waals surface area contributed by atoms with Gasteiger partial charge in [-0.05, 0) is 19.4 Å². The molecule has 0 aliphatic carbocycles. The van der Waals surface area contributed by atoms with Gasteiger partial charge in [0, 0.05) is 77.4 Å². The first-order valence-corrected chi connectivity index (χ1v) is 10.8. The van der Waals surface area contributed by atoms with Crippen LogP contribution in [0.25, 0.3) is 0 Å². The number of hydrogen-bond acceptors (Lipinski definition) is 7. The van der Waals surface area contributed by atoms with Gasteiger partial charge >= 0.3 is 0 Å². The number of halogens is 1. The average Bonchev–Trinajstić information content (AvgIpc) is 3.36. The molecule has 1 atom stereocenters. The fourth-order valence-corrected chi connectivity index (χ4v) is 4.60. The second-order valence-electron chi connectivity index (χ2n) is 7.07. The van der Waals surface area contributed by atoms with Gasteiger partial charge in [0.15, 0.2) is 5.96 Å². The van der Waals surface area contributed by atoms with E-state index in [1.165, 1.54) is 30.9 Å². The molecule has 0 aromatic carbocycles. The number of nitrogens with one attached hydrogen (secondary N) is 1. The Morgan fingerprint density at radius 3 is 2.71 bits per heavy atom. The summed E-state index contributed by atoms with van der Waals surface area (Å²) in [6.07, 6.45) is 3.42. The largest absolute Gasteiger partial charge is 0.383 e. The van der Waals surface area contributed by atoms with Crippen LogP contribution in [0.3, 0.4) is 0 Å². The van der Waals surface area contributed by atoms with E-state index in [2.05, 4.69) is 41.3 Å². The molecule has 2 fully saturated rings. The van der Waals surface area contributed by atoms with Crippen LogP contribution in [0.5, 0.6) is 0 Å². The van der Waals surface area contributed by atoms with E-state index in [9.17, 15) is 0 Å². The zero-order valence-corrected chi connectivity index (χ0v) is 20.4. The average molecular weight is 523 g/mol. The quantitative estimate of drug-likeness (QED) is 0.330. The van der Waals surface area contributed by atoms with E-state index in [4.69, 9.17) is 4.74 Å². The summed E-state index contributed by atoms with van der Waals surface area (Å²) in [4.78, 5) is 16.4. The first-order chi connectivity index (χ1) is 13.2. The molecule has 0 bridgehead atoms. The summed E-state index contributed by atoms with van der Waals surface area (Å²) < 4.78 is 9.65. The first kappa shape index (κ1) is 23.6. The second kappa shape index (κ2) is 12.1. The third kappa shape index (κ3) is 6.14. The summed E-state index contributed by atoms with van der Waals surface area (Å²) in [6, 6.07) is 0.576. The summed E-state index contributed by atoms with van der Waals surface area (Å²) >= 11 is 1.51. The third-order valence-corrected chi connectivity index (χ3v) is 6.23. The van der Waals surface area contributed by atoms with Crippen LogP contribution in [0.2, 0.25) is 0 Å². The molecule has 8 nitrogen and oxygen atoms in total. The molecule has 1 aromatic rings. The van der Waals surface area contributed by atoms with Crippen LogP contribution >= 0.6 is 35.5 Å². The smallest absolute Gasteiger partial charge is 0.205 e. The zero-order valence-electron chi connectivity index (χ0n) is 17.3. The Balaban J connectivity index is 0.00000280. The Bertz CT molecular complexity index is 607. The Hall–Kier alpha value is -0.720. The summed E-state index contributed by atoms with van der Waals surface area (Å²) in [5.41, 5.74) is 0. The van der Waals surface area contributed by atoms with Crippen molar-refractivity contribution in [3.63, 3.8) is 0 Å². The van der Waals surface area contributed by atoms with E-state index in [0.29, 0.717) is 6.04 Å². The molecule has 3 rings (SSSR count). The van der Waals surface area contributed by atoms with Crippen LogP contribution in [0.15, 0.2) is 4.99 Å². The third-order valence-electron chi connectivity index (χ3n) is 5.41. The highest BCUT2D eigenvalue weighted by molar-refractivity contribution is 14.0. The van der Waals surface area contributed by atoms with E-state index in [1.54, 1.807) is 7.11 Å². The minimum Gasteiger partial charge on any atom is -0.383 e. The number of guanidine groups is 1. The van der Waals surface area contributed by atoms with Crippen molar-refractivity contribution in [2.24, 2.45) is 4.99 Å². The fourth-order valence-electron chi connectivity index (χ4n) is 3.80. The number of aliphatic imine (C=N–C) groups is 1. The monoisotopic (exact) mass is 523 g/mol. The maximum absolute atomic E-state index is 5.24.